The predicted molar refractivity (Wildman–Crippen MR) is 81.4 cm³/mol. The van der Waals surface area contributed by atoms with Crippen molar-refractivity contribution < 1.29 is 27.5 Å². The molecular formula is C15H18F3N5O3. The summed E-state index contributed by atoms with van der Waals surface area (Å²) in [6.45, 7) is 2.33. The molecular weight excluding hydrogens is 355 g/mol. The second-order valence-corrected chi connectivity index (χ2v) is 6.41. The highest BCUT2D eigenvalue weighted by Crippen LogP contribution is 2.34. The minimum Gasteiger partial charge on any atom is -0.407 e. The van der Waals surface area contributed by atoms with Crippen molar-refractivity contribution in [3.05, 3.63) is 23.8 Å². The van der Waals surface area contributed by atoms with Crippen molar-refractivity contribution in [3.63, 3.8) is 0 Å². The Hall–Kier alpha value is -2.43. The van der Waals surface area contributed by atoms with Crippen molar-refractivity contribution in [2.45, 2.75) is 44.4 Å². The van der Waals surface area contributed by atoms with Crippen LogP contribution in [0.3, 0.4) is 0 Å². The van der Waals surface area contributed by atoms with Gasteiger partial charge < -0.3 is 14.4 Å². The third-order valence-corrected chi connectivity index (χ3v) is 4.54. The van der Waals surface area contributed by atoms with Crippen molar-refractivity contribution in [3.8, 4) is 6.01 Å². The van der Waals surface area contributed by atoms with Crippen LogP contribution < -0.4 is 0 Å². The van der Waals surface area contributed by atoms with Crippen LogP contribution in [-0.2, 0) is 4.79 Å². The lowest BCUT2D eigenvalue weighted by Crippen LogP contribution is -2.57. The number of hydrogen-bond donors (Lipinski definition) is 1. The zero-order valence-electron chi connectivity index (χ0n) is 14.2. The third-order valence-electron chi connectivity index (χ3n) is 4.54. The average molecular weight is 373 g/mol. The molecule has 142 valence electrons. The fourth-order valence-electron chi connectivity index (χ4n) is 2.96. The minimum absolute atomic E-state index is 0.0374. The molecule has 2 aromatic heterocycles. The maximum absolute atomic E-state index is 12.8. The fraction of sp³-hybridized carbons (Fsp3) is 0.600. The van der Waals surface area contributed by atoms with Crippen molar-refractivity contribution in [1.82, 2.24) is 24.9 Å². The highest BCUT2D eigenvalue weighted by molar-refractivity contribution is 5.85. The number of likely N-dealkylation sites (tertiary alicyclic amines) is 1. The standard InChI is InChI=1S/C15H18F3N5O3/c1-9-20-21-13(26-9)23-11(3-6-19-23)10-4-7-22(8-5-10)12(24)14(2,25)15(16,17)18/h3,6,10,25H,4-5,7-8H2,1-2H3/t14-/m1/s1. The van der Waals surface area contributed by atoms with Gasteiger partial charge in [0, 0.05) is 32.1 Å². The van der Waals surface area contributed by atoms with E-state index in [-0.39, 0.29) is 25.0 Å². The summed E-state index contributed by atoms with van der Waals surface area (Å²) in [6, 6.07) is 1.98. The summed E-state index contributed by atoms with van der Waals surface area (Å²) < 4.78 is 45.4. The summed E-state index contributed by atoms with van der Waals surface area (Å²) in [7, 11) is 0. The molecule has 1 fully saturated rings. The number of piperidine rings is 1. The monoisotopic (exact) mass is 373 g/mol. The summed E-state index contributed by atoms with van der Waals surface area (Å²) in [5, 5.41) is 21.4. The van der Waals surface area contributed by atoms with Gasteiger partial charge in [-0.1, -0.05) is 5.10 Å². The number of aryl methyl sites for hydroxylation is 1. The van der Waals surface area contributed by atoms with Crippen LogP contribution in [-0.4, -0.2) is 60.8 Å². The van der Waals surface area contributed by atoms with Crippen LogP contribution in [0.25, 0.3) is 6.01 Å². The first-order valence-corrected chi connectivity index (χ1v) is 8.04. The molecule has 3 heterocycles. The summed E-state index contributed by atoms with van der Waals surface area (Å²) in [4.78, 5) is 13.1. The second-order valence-electron chi connectivity index (χ2n) is 6.41. The molecule has 0 aromatic carbocycles. The van der Waals surface area contributed by atoms with Gasteiger partial charge in [-0.3, -0.25) is 4.79 Å². The molecule has 1 atom stereocenters. The van der Waals surface area contributed by atoms with Gasteiger partial charge in [-0.15, -0.1) is 5.10 Å². The number of amides is 1. The fourth-order valence-corrected chi connectivity index (χ4v) is 2.96. The lowest BCUT2D eigenvalue weighted by atomic mass is 9.92. The second kappa shape index (κ2) is 6.38. The number of alkyl halides is 3. The SMILES string of the molecule is Cc1nnc(-n2nccc2C2CCN(C(=O)[C@@](C)(O)C(F)(F)F)CC2)o1. The van der Waals surface area contributed by atoms with Crippen LogP contribution >= 0.6 is 0 Å². The molecule has 1 aliphatic heterocycles. The number of carbonyl (C=O) groups is 1. The molecule has 2 aromatic rings. The Morgan fingerprint density at radius 3 is 2.50 bits per heavy atom. The average Bonchev–Trinajstić information content (AvgIpc) is 3.21. The van der Waals surface area contributed by atoms with Crippen LogP contribution in [0.2, 0.25) is 0 Å². The number of aromatic nitrogens is 4. The topological polar surface area (TPSA) is 97.3 Å². The van der Waals surface area contributed by atoms with Gasteiger partial charge in [0.25, 0.3) is 5.91 Å². The van der Waals surface area contributed by atoms with Crippen molar-refractivity contribution in [1.29, 1.82) is 0 Å². The molecule has 0 radical (unpaired) electrons. The Balaban J connectivity index is 1.70. The van der Waals surface area contributed by atoms with E-state index in [0.29, 0.717) is 25.7 Å². The molecule has 11 heteroatoms. The Morgan fingerprint density at radius 1 is 1.31 bits per heavy atom. The number of aliphatic hydroxyl groups is 1. The van der Waals surface area contributed by atoms with Gasteiger partial charge in [-0.2, -0.15) is 23.0 Å². The van der Waals surface area contributed by atoms with Gasteiger partial charge in [-0.25, -0.2) is 0 Å². The number of nitrogens with zero attached hydrogens (tertiary/aromatic N) is 5. The van der Waals surface area contributed by atoms with Crippen LogP contribution in [0.1, 0.15) is 37.3 Å². The largest absolute Gasteiger partial charge is 0.426 e. The lowest BCUT2D eigenvalue weighted by Gasteiger charge is -2.36. The smallest absolute Gasteiger partial charge is 0.407 e. The summed E-state index contributed by atoms with van der Waals surface area (Å²) in [6.07, 6.45) is -2.59. The predicted octanol–water partition coefficient (Wildman–Crippen LogP) is 1.58. The minimum atomic E-state index is -5.02. The van der Waals surface area contributed by atoms with Crippen molar-refractivity contribution in [2.24, 2.45) is 0 Å². The van der Waals surface area contributed by atoms with Crippen molar-refractivity contribution >= 4 is 5.91 Å². The first-order valence-electron chi connectivity index (χ1n) is 8.04. The molecule has 1 amide bonds. The highest BCUT2D eigenvalue weighted by Gasteiger charge is 2.57. The maximum Gasteiger partial charge on any atom is 0.426 e. The Morgan fingerprint density at radius 2 is 1.96 bits per heavy atom. The van der Waals surface area contributed by atoms with Gasteiger partial charge in [0.1, 0.15) is 0 Å². The lowest BCUT2D eigenvalue weighted by molar-refractivity contribution is -0.250. The van der Waals surface area contributed by atoms with E-state index >= 15 is 0 Å². The van der Waals surface area contributed by atoms with Gasteiger partial charge in [0.05, 0.1) is 5.69 Å². The zero-order chi connectivity index (χ0) is 19.1. The molecule has 0 spiro atoms. The summed E-state index contributed by atoms with van der Waals surface area (Å²) in [5.74, 6) is -0.981. The Labute approximate surface area is 146 Å². The third kappa shape index (κ3) is 3.18. The molecule has 0 saturated carbocycles. The van der Waals surface area contributed by atoms with Crippen LogP contribution in [0.5, 0.6) is 0 Å². The number of rotatable bonds is 3. The van der Waals surface area contributed by atoms with E-state index in [1.54, 1.807) is 19.2 Å². The molecule has 1 aliphatic rings. The quantitative estimate of drug-likeness (QED) is 0.877. The molecule has 8 nitrogen and oxygen atoms in total. The molecule has 26 heavy (non-hydrogen) atoms. The Kier molecular flexibility index (Phi) is 4.51. The molecule has 0 bridgehead atoms. The van der Waals surface area contributed by atoms with Crippen LogP contribution in [0, 0.1) is 6.92 Å². The maximum atomic E-state index is 12.8. The molecule has 0 unspecified atom stereocenters. The molecule has 1 saturated heterocycles. The zero-order valence-corrected chi connectivity index (χ0v) is 14.2. The van der Waals surface area contributed by atoms with E-state index in [4.69, 9.17) is 4.42 Å². The van der Waals surface area contributed by atoms with E-state index < -0.39 is 17.7 Å². The Bertz CT molecular complexity index is 791. The first-order chi connectivity index (χ1) is 12.1. The van der Waals surface area contributed by atoms with E-state index in [2.05, 4.69) is 15.3 Å². The van der Waals surface area contributed by atoms with Crippen molar-refractivity contribution in [2.75, 3.05) is 13.1 Å². The van der Waals surface area contributed by atoms with E-state index in [1.807, 2.05) is 0 Å². The van der Waals surface area contributed by atoms with E-state index in [1.165, 1.54) is 4.68 Å². The van der Waals surface area contributed by atoms with Gasteiger partial charge >= 0.3 is 12.2 Å². The summed E-state index contributed by atoms with van der Waals surface area (Å²) in [5.41, 5.74) is -2.61. The normalized spacial score (nSPS) is 18.8. The molecule has 1 N–H and O–H groups in total. The van der Waals surface area contributed by atoms with E-state index in [9.17, 15) is 23.1 Å². The van der Waals surface area contributed by atoms with Gasteiger partial charge in [-0.05, 0) is 25.8 Å². The highest BCUT2D eigenvalue weighted by atomic mass is 19.4. The van der Waals surface area contributed by atoms with E-state index in [0.717, 1.165) is 10.6 Å². The van der Waals surface area contributed by atoms with Gasteiger partial charge in [0.2, 0.25) is 11.5 Å². The number of carbonyl (C=O) groups excluding carboxylic acids is 1. The van der Waals surface area contributed by atoms with Gasteiger partial charge in [0.15, 0.2) is 0 Å². The molecule has 3 rings (SSSR count). The number of hydrogen-bond acceptors (Lipinski definition) is 6. The van der Waals surface area contributed by atoms with Crippen LogP contribution in [0.15, 0.2) is 16.7 Å². The first kappa shape index (κ1) is 18.4. The molecule has 0 aliphatic carbocycles. The summed E-state index contributed by atoms with van der Waals surface area (Å²) >= 11 is 0. The van der Waals surface area contributed by atoms with Crippen LogP contribution in [0.4, 0.5) is 13.2 Å². The number of halogens is 3.